The lowest BCUT2D eigenvalue weighted by molar-refractivity contribution is -0.122. The van der Waals surface area contributed by atoms with Crippen LogP contribution in [0.4, 0.5) is 5.69 Å². The van der Waals surface area contributed by atoms with E-state index in [1.54, 1.807) is 24.3 Å². The molecule has 0 radical (unpaired) electrons. The lowest BCUT2D eigenvalue weighted by Crippen LogP contribution is -2.34. The molecule has 0 fully saturated rings. The van der Waals surface area contributed by atoms with E-state index >= 15 is 0 Å². The average Bonchev–Trinajstić information content (AvgIpc) is 2.37. The molecule has 0 aromatic heterocycles. The molecule has 1 rings (SSSR count). The molecule has 1 aromatic rings. The highest BCUT2D eigenvalue weighted by Gasteiger charge is 2.17. The smallest absolute Gasteiger partial charge is 0.223 e. The van der Waals surface area contributed by atoms with Gasteiger partial charge >= 0.3 is 0 Å². The molecule has 4 N–H and O–H groups in total. The number of carbonyl (C=O) groups excluding carboxylic acids is 1. The molecule has 0 saturated heterocycles. The van der Waals surface area contributed by atoms with Gasteiger partial charge in [-0.05, 0) is 36.1 Å². The molecule has 21 heavy (non-hydrogen) atoms. The Kier molecular flexibility index (Phi) is 6.49. The molecule has 0 heterocycles. The van der Waals surface area contributed by atoms with Crippen LogP contribution in [-0.4, -0.2) is 30.3 Å². The number of nitrogens with one attached hydrogen (secondary N) is 1. The molecule has 0 spiro atoms. The van der Waals surface area contributed by atoms with Gasteiger partial charge in [-0.2, -0.15) is 0 Å². The summed E-state index contributed by atoms with van der Waals surface area (Å²) in [7, 11) is 0. The molecule has 1 unspecified atom stereocenters. The van der Waals surface area contributed by atoms with Gasteiger partial charge in [-0.25, -0.2) is 0 Å². The Hall–Kier alpha value is -1.75. The van der Waals surface area contributed by atoms with Crippen LogP contribution in [0.1, 0.15) is 33.6 Å². The van der Waals surface area contributed by atoms with Gasteiger partial charge in [-0.1, -0.05) is 20.8 Å². The highest BCUT2D eigenvalue weighted by atomic mass is 16.5. The van der Waals surface area contributed by atoms with Gasteiger partial charge in [0, 0.05) is 12.2 Å². The second-order valence-corrected chi connectivity index (χ2v) is 6.39. The number of nitrogen functional groups attached to an aromatic ring is 1. The molecular weight excluding hydrogens is 268 g/mol. The molecule has 1 amide bonds. The first-order valence-electron chi connectivity index (χ1n) is 7.19. The van der Waals surface area contributed by atoms with Crippen LogP contribution in [0.15, 0.2) is 24.3 Å². The number of benzene rings is 1. The Morgan fingerprint density at radius 2 is 1.95 bits per heavy atom. The zero-order chi connectivity index (χ0) is 15.9. The van der Waals surface area contributed by atoms with Crippen molar-refractivity contribution < 1.29 is 14.6 Å². The number of aliphatic hydroxyl groups excluding tert-OH is 1. The van der Waals surface area contributed by atoms with E-state index in [2.05, 4.69) is 26.1 Å². The second-order valence-electron chi connectivity index (χ2n) is 6.39. The maximum absolute atomic E-state index is 11.6. The molecule has 5 nitrogen and oxygen atoms in total. The topological polar surface area (TPSA) is 84.6 Å². The number of amides is 1. The number of hydrogen-bond acceptors (Lipinski definition) is 4. The van der Waals surface area contributed by atoms with E-state index in [0.29, 0.717) is 24.5 Å². The number of rotatable bonds is 7. The molecular formula is C16H26N2O3. The van der Waals surface area contributed by atoms with Crippen molar-refractivity contribution in [1.82, 2.24) is 5.32 Å². The molecule has 0 bridgehead atoms. The van der Waals surface area contributed by atoms with Crippen molar-refractivity contribution in [2.24, 2.45) is 5.41 Å². The van der Waals surface area contributed by atoms with Gasteiger partial charge in [-0.15, -0.1) is 0 Å². The number of ether oxygens (including phenoxy) is 1. The third kappa shape index (κ3) is 8.19. The van der Waals surface area contributed by atoms with Crippen LogP contribution in [0.5, 0.6) is 5.75 Å². The summed E-state index contributed by atoms with van der Waals surface area (Å²) >= 11 is 0. The maximum Gasteiger partial charge on any atom is 0.223 e. The second kappa shape index (κ2) is 7.88. The van der Waals surface area contributed by atoms with Crippen molar-refractivity contribution in [3.63, 3.8) is 0 Å². The largest absolute Gasteiger partial charge is 0.493 e. The summed E-state index contributed by atoms with van der Waals surface area (Å²) in [6.45, 7) is 6.73. The summed E-state index contributed by atoms with van der Waals surface area (Å²) in [6.07, 6.45) is 0.383. The Labute approximate surface area is 126 Å². The highest BCUT2D eigenvalue weighted by Crippen LogP contribution is 2.20. The molecule has 0 aliphatic rings. The molecule has 1 aromatic carbocycles. The lowest BCUT2D eigenvalue weighted by atomic mass is 9.89. The summed E-state index contributed by atoms with van der Waals surface area (Å²) in [4.78, 5) is 11.6. The third-order valence-corrected chi connectivity index (χ3v) is 2.86. The van der Waals surface area contributed by atoms with E-state index in [1.807, 2.05) is 0 Å². The molecule has 1 atom stereocenters. The molecule has 5 heteroatoms. The molecule has 118 valence electrons. The van der Waals surface area contributed by atoms with Crippen molar-refractivity contribution >= 4 is 11.6 Å². The van der Waals surface area contributed by atoms with Gasteiger partial charge < -0.3 is 20.9 Å². The minimum Gasteiger partial charge on any atom is -0.493 e. The first-order chi connectivity index (χ1) is 9.76. The number of hydrogen-bond donors (Lipinski definition) is 3. The molecule has 0 aliphatic carbocycles. The van der Waals surface area contributed by atoms with Gasteiger partial charge in [0.25, 0.3) is 0 Å². The minimum absolute atomic E-state index is 0.0441. The summed E-state index contributed by atoms with van der Waals surface area (Å²) in [5, 5.41) is 12.5. The van der Waals surface area contributed by atoms with Gasteiger partial charge in [0.1, 0.15) is 5.75 Å². The molecule has 0 aliphatic heterocycles. The Morgan fingerprint density at radius 3 is 2.52 bits per heavy atom. The highest BCUT2D eigenvalue weighted by molar-refractivity contribution is 5.76. The van der Waals surface area contributed by atoms with Crippen LogP contribution in [0.2, 0.25) is 0 Å². The van der Waals surface area contributed by atoms with Crippen LogP contribution < -0.4 is 15.8 Å². The summed E-state index contributed by atoms with van der Waals surface area (Å²) < 4.78 is 5.44. The van der Waals surface area contributed by atoms with Crippen LogP contribution in [0.25, 0.3) is 0 Å². The van der Waals surface area contributed by atoms with Crippen LogP contribution >= 0.6 is 0 Å². The monoisotopic (exact) mass is 294 g/mol. The van der Waals surface area contributed by atoms with Gasteiger partial charge in [0.2, 0.25) is 5.91 Å². The predicted octanol–water partition coefficient (Wildman–Crippen LogP) is 1.95. The first-order valence-corrected chi connectivity index (χ1v) is 7.19. The van der Waals surface area contributed by atoms with E-state index in [-0.39, 0.29) is 24.3 Å². The fraction of sp³-hybridized carbons (Fsp3) is 0.562. The molecule has 0 saturated carbocycles. The van der Waals surface area contributed by atoms with E-state index in [0.717, 1.165) is 0 Å². The van der Waals surface area contributed by atoms with Crippen LogP contribution in [0, 0.1) is 5.41 Å². The quantitative estimate of drug-likeness (QED) is 0.671. The number of anilines is 1. The zero-order valence-electron chi connectivity index (χ0n) is 13.1. The van der Waals surface area contributed by atoms with Crippen molar-refractivity contribution in [3.05, 3.63) is 24.3 Å². The Balaban J connectivity index is 2.18. The minimum atomic E-state index is -0.521. The fourth-order valence-corrected chi connectivity index (χ4v) is 1.92. The standard InChI is InChI=1S/C16H26N2O3/c1-16(2,3)10-13(19)11-18-15(20)8-9-21-14-6-4-12(17)5-7-14/h4-7,13,19H,8-11,17H2,1-3H3,(H,18,20). The van der Waals surface area contributed by atoms with Crippen molar-refractivity contribution in [2.75, 3.05) is 18.9 Å². The van der Waals surface area contributed by atoms with E-state index in [4.69, 9.17) is 10.5 Å². The van der Waals surface area contributed by atoms with Gasteiger partial charge in [-0.3, -0.25) is 4.79 Å². The van der Waals surface area contributed by atoms with Crippen molar-refractivity contribution in [3.8, 4) is 5.75 Å². The summed E-state index contributed by atoms with van der Waals surface area (Å²) in [5.74, 6) is 0.558. The first kappa shape index (κ1) is 17.3. The fourth-order valence-electron chi connectivity index (χ4n) is 1.92. The SMILES string of the molecule is CC(C)(C)CC(O)CNC(=O)CCOc1ccc(N)cc1. The maximum atomic E-state index is 11.6. The number of carbonyl (C=O) groups is 1. The van der Waals surface area contributed by atoms with Gasteiger partial charge in [0.15, 0.2) is 0 Å². The summed E-state index contributed by atoms with van der Waals surface area (Å²) in [6, 6.07) is 7.02. The van der Waals surface area contributed by atoms with Crippen LogP contribution in [0.3, 0.4) is 0 Å². The predicted molar refractivity (Wildman–Crippen MR) is 84.1 cm³/mol. The Bertz CT molecular complexity index is 438. The van der Waals surface area contributed by atoms with E-state index < -0.39 is 6.10 Å². The summed E-state index contributed by atoms with van der Waals surface area (Å²) in [5.41, 5.74) is 6.29. The normalized spacial score (nSPS) is 12.8. The Morgan fingerprint density at radius 1 is 1.33 bits per heavy atom. The van der Waals surface area contributed by atoms with Gasteiger partial charge in [0.05, 0.1) is 19.1 Å². The zero-order valence-corrected chi connectivity index (χ0v) is 13.1. The van der Waals surface area contributed by atoms with Crippen LogP contribution in [-0.2, 0) is 4.79 Å². The van der Waals surface area contributed by atoms with Crippen molar-refractivity contribution in [2.45, 2.75) is 39.7 Å². The van der Waals surface area contributed by atoms with E-state index in [1.165, 1.54) is 0 Å². The lowest BCUT2D eigenvalue weighted by Gasteiger charge is -2.22. The average molecular weight is 294 g/mol. The van der Waals surface area contributed by atoms with E-state index in [9.17, 15) is 9.90 Å². The number of aliphatic hydroxyl groups is 1. The third-order valence-electron chi connectivity index (χ3n) is 2.86. The van der Waals surface area contributed by atoms with Crippen molar-refractivity contribution in [1.29, 1.82) is 0 Å². The number of nitrogens with two attached hydrogens (primary N) is 1.